The van der Waals surface area contributed by atoms with Crippen molar-refractivity contribution in [1.82, 2.24) is 15.0 Å². The zero-order chi connectivity index (χ0) is 12.7. The first-order valence-electron chi connectivity index (χ1n) is 5.84. The maximum atomic E-state index is 12.2. The van der Waals surface area contributed by atoms with Crippen LogP contribution in [-0.2, 0) is 0 Å². The highest BCUT2D eigenvalue weighted by molar-refractivity contribution is 5.97. The molecular formula is C12H13N3O3. The minimum atomic E-state index is -0.414. The Bertz CT molecular complexity index is 608. The summed E-state index contributed by atoms with van der Waals surface area (Å²) in [4.78, 5) is 17.9. The first-order valence-corrected chi connectivity index (χ1v) is 5.84. The van der Waals surface area contributed by atoms with Crippen LogP contribution in [0.3, 0.4) is 0 Å². The molecule has 0 unspecified atom stereocenters. The summed E-state index contributed by atoms with van der Waals surface area (Å²) in [6.07, 6.45) is 1.70. The number of fused-ring (bicyclic) bond motifs is 1. The summed E-state index contributed by atoms with van der Waals surface area (Å²) in [7, 11) is 0. The number of aromatic nitrogens is 2. The Kier molecular flexibility index (Phi) is 2.52. The average Bonchev–Trinajstić information content (AvgIpc) is 2.95. The predicted molar refractivity (Wildman–Crippen MR) is 63.1 cm³/mol. The minimum absolute atomic E-state index is 0.110. The Hall–Kier alpha value is -1.95. The van der Waals surface area contributed by atoms with Crippen LogP contribution in [0.15, 0.2) is 16.8 Å². The van der Waals surface area contributed by atoms with Crippen LogP contribution >= 0.6 is 0 Å². The number of amides is 1. The van der Waals surface area contributed by atoms with Crippen LogP contribution < -0.4 is 0 Å². The van der Waals surface area contributed by atoms with Crippen LogP contribution in [0.5, 0.6) is 0 Å². The number of aliphatic hydroxyl groups is 1. The minimum Gasteiger partial charge on any atom is -0.391 e. The molecule has 2 aromatic rings. The van der Waals surface area contributed by atoms with Crippen molar-refractivity contribution in [3.05, 3.63) is 23.5 Å². The molecule has 0 aromatic carbocycles. The van der Waals surface area contributed by atoms with Crippen LogP contribution in [0.2, 0.25) is 0 Å². The topological polar surface area (TPSA) is 79.5 Å². The zero-order valence-electron chi connectivity index (χ0n) is 9.96. The van der Waals surface area contributed by atoms with Gasteiger partial charge in [-0.15, -0.1) is 0 Å². The molecule has 1 N–H and O–H groups in total. The van der Waals surface area contributed by atoms with Crippen molar-refractivity contribution in [2.75, 3.05) is 13.1 Å². The molecule has 94 valence electrons. The number of pyridine rings is 1. The van der Waals surface area contributed by atoms with Gasteiger partial charge in [-0.3, -0.25) is 4.79 Å². The Morgan fingerprint density at radius 1 is 1.61 bits per heavy atom. The molecule has 1 saturated heterocycles. The quantitative estimate of drug-likeness (QED) is 0.804. The van der Waals surface area contributed by atoms with Crippen molar-refractivity contribution < 1.29 is 14.4 Å². The lowest BCUT2D eigenvalue weighted by Crippen LogP contribution is -2.29. The number of hydrogen-bond donors (Lipinski definition) is 1. The molecule has 3 rings (SSSR count). The normalized spacial score (nSPS) is 19.7. The summed E-state index contributed by atoms with van der Waals surface area (Å²) >= 11 is 0. The molecule has 6 heteroatoms. The largest absolute Gasteiger partial charge is 0.391 e. The maximum absolute atomic E-state index is 12.2. The third kappa shape index (κ3) is 1.74. The second kappa shape index (κ2) is 4.06. The van der Waals surface area contributed by atoms with Crippen molar-refractivity contribution in [2.45, 2.75) is 19.4 Å². The van der Waals surface area contributed by atoms with Crippen LogP contribution in [-0.4, -0.2) is 45.2 Å². The molecule has 0 bridgehead atoms. The molecule has 1 atom stereocenters. The van der Waals surface area contributed by atoms with Gasteiger partial charge in [-0.05, 0) is 19.4 Å². The number of carbonyl (C=O) groups excluding carboxylic acids is 1. The van der Waals surface area contributed by atoms with Gasteiger partial charge in [0, 0.05) is 19.3 Å². The predicted octanol–water partition coefficient (Wildman–Crippen LogP) is 0.738. The fourth-order valence-corrected chi connectivity index (χ4v) is 2.17. The zero-order valence-corrected chi connectivity index (χ0v) is 9.96. The van der Waals surface area contributed by atoms with E-state index in [0.29, 0.717) is 36.5 Å². The van der Waals surface area contributed by atoms with E-state index in [1.807, 2.05) is 0 Å². The summed E-state index contributed by atoms with van der Waals surface area (Å²) in [6.45, 7) is 2.78. The monoisotopic (exact) mass is 247 g/mol. The lowest BCUT2D eigenvalue weighted by atomic mass is 10.2. The van der Waals surface area contributed by atoms with Crippen molar-refractivity contribution in [3.8, 4) is 0 Å². The fourth-order valence-electron chi connectivity index (χ4n) is 2.17. The number of rotatable bonds is 1. The Balaban J connectivity index is 1.94. The molecule has 1 amide bonds. The molecule has 0 radical (unpaired) electrons. The van der Waals surface area contributed by atoms with E-state index >= 15 is 0 Å². The first-order chi connectivity index (χ1) is 8.65. The second-order valence-corrected chi connectivity index (χ2v) is 4.54. The van der Waals surface area contributed by atoms with Gasteiger partial charge in [0.1, 0.15) is 0 Å². The summed E-state index contributed by atoms with van der Waals surface area (Å²) in [6, 6.07) is 1.74. The molecule has 18 heavy (non-hydrogen) atoms. The molecule has 0 saturated carbocycles. The van der Waals surface area contributed by atoms with E-state index in [1.54, 1.807) is 17.9 Å². The van der Waals surface area contributed by atoms with Gasteiger partial charge in [0.05, 0.1) is 22.7 Å². The van der Waals surface area contributed by atoms with E-state index in [0.717, 1.165) is 5.39 Å². The number of likely N-dealkylation sites (tertiary alicyclic amines) is 1. The van der Waals surface area contributed by atoms with Crippen LogP contribution in [0.1, 0.15) is 22.5 Å². The number of β-amino-alcohol motifs (C(OH)–C–C–N with tert-alkyl or cyclic N) is 1. The Labute approximate surface area is 103 Å². The van der Waals surface area contributed by atoms with Gasteiger partial charge in [0.25, 0.3) is 11.6 Å². The number of nitrogens with zero attached hydrogens (tertiary/aromatic N) is 3. The van der Waals surface area contributed by atoms with Gasteiger partial charge in [-0.25, -0.2) is 4.98 Å². The molecule has 6 nitrogen and oxygen atoms in total. The van der Waals surface area contributed by atoms with Crippen LogP contribution in [0.4, 0.5) is 0 Å². The van der Waals surface area contributed by atoms with Crippen molar-refractivity contribution in [1.29, 1.82) is 0 Å². The number of aliphatic hydroxyl groups excluding tert-OH is 1. The number of carbonyl (C=O) groups is 1. The van der Waals surface area contributed by atoms with E-state index in [4.69, 9.17) is 4.52 Å². The standard InChI is InChI=1S/C12H13N3O3/c1-7-10-4-8(5-13-11(10)18-14-7)12(17)15-3-2-9(16)6-15/h4-5,9,16H,2-3,6H2,1H3/t9-/m0/s1. The molecule has 1 fully saturated rings. The van der Waals surface area contributed by atoms with Gasteiger partial charge in [0.15, 0.2) is 0 Å². The number of aryl methyl sites for hydroxylation is 1. The highest BCUT2D eigenvalue weighted by Crippen LogP contribution is 2.19. The van der Waals surface area contributed by atoms with Crippen LogP contribution in [0, 0.1) is 6.92 Å². The smallest absolute Gasteiger partial charge is 0.257 e. The lowest BCUT2D eigenvalue weighted by Gasteiger charge is -2.14. The molecule has 0 spiro atoms. The highest BCUT2D eigenvalue weighted by atomic mass is 16.5. The van der Waals surface area contributed by atoms with E-state index in [2.05, 4.69) is 10.1 Å². The Morgan fingerprint density at radius 2 is 2.44 bits per heavy atom. The van der Waals surface area contributed by atoms with Crippen molar-refractivity contribution in [3.63, 3.8) is 0 Å². The van der Waals surface area contributed by atoms with Gasteiger partial charge >= 0.3 is 0 Å². The van der Waals surface area contributed by atoms with E-state index in [1.165, 1.54) is 6.20 Å². The second-order valence-electron chi connectivity index (χ2n) is 4.54. The molecular weight excluding hydrogens is 234 g/mol. The molecule has 1 aliphatic rings. The molecule has 0 aliphatic carbocycles. The van der Waals surface area contributed by atoms with Gasteiger partial charge in [0.2, 0.25) is 0 Å². The molecule has 3 heterocycles. The third-order valence-electron chi connectivity index (χ3n) is 3.21. The van der Waals surface area contributed by atoms with Gasteiger partial charge in [-0.1, -0.05) is 5.16 Å². The van der Waals surface area contributed by atoms with E-state index in [9.17, 15) is 9.90 Å². The van der Waals surface area contributed by atoms with Gasteiger partial charge < -0.3 is 14.5 Å². The SMILES string of the molecule is Cc1noc2ncc(C(=O)N3CC[C@H](O)C3)cc12. The van der Waals surface area contributed by atoms with E-state index < -0.39 is 6.10 Å². The maximum Gasteiger partial charge on any atom is 0.257 e. The molecule has 2 aromatic heterocycles. The van der Waals surface area contributed by atoms with E-state index in [-0.39, 0.29) is 5.91 Å². The first kappa shape index (κ1) is 11.2. The summed E-state index contributed by atoms with van der Waals surface area (Å²) < 4.78 is 5.00. The third-order valence-corrected chi connectivity index (χ3v) is 3.21. The van der Waals surface area contributed by atoms with Crippen LogP contribution in [0.25, 0.3) is 11.1 Å². The highest BCUT2D eigenvalue weighted by Gasteiger charge is 2.26. The summed E-state index contributed by atoms with van der Waals surface area (Å²) in [5.41, 5.74) is 1.65. The molecule has 1 aliphatic heterocycles. The fraction of sp³-hybridized carbons (Fsp3) is 0.417. The van der Waals surface area contributed by atoms with Crippen molar-refractivity contribution >= 4 is 17.0 Å². The summed E-state index contributed by atoms with van der Waals surface area (Å²) in [5.74, 6) is -0.110. The average molecular weight is 247 g/mol. The van der Waals surface area contributed by atoms with Gasteiger partial charge in [-0.2, -0.15) is 0 Å². The number of hydrogen-bond acceptors (Lipinski definition) is 5. The summed E-state index contributed by atoms with van der Waals surface area (Å²) in [5, 5.41) is 14.0. The Morgan fingerprint density at radius 3 is 3.17 bits per heavy atom. The lowest BCUT2D eigenvalue weighted by molar-refractivity contribution is 0.0765. The van der Waals surface area contributed by atoms with Crippen molar-refractivity contribution in [2.24, 2.45) is 0 Å².